The van der Waals surface area contributed by atoms with E-state index in [4.69, 9.17) is 26.2 Å². The van der Waals surface area contributed by atoms with Crippen LogP contribution in [0, 0.1) is 53.8 Å². The van der Waals surface area contributed by atoms with Gasteiger partial charge in [-0.05, 0) is 236 Å². The number of methoxy groups -OCH3 is 1. The summed E-state index contributed by atoms with van der Waals surface area (Å²) in [4.78, 5) is 135. The van der Waals surface area contributed by atoms with Crippen LogP contribution in [0.5, 0.6) is 0 Å². The fourth-order valence-corrected chi connectivity index (χ4v) is 14.7. The molecule has 826 valence electrons. The summed E-state index contributed by atoms with van der Waals surface area (Å²) in [5.41, 5.74) is 5.63. The quantitative estimate of drug-likeness (QED) is 0.0218. The van der Waals surface area contributed by atoms with E-state index < -0.39 is 6.10 Å². The zero-order valence-corrected chi connectivity index (χ0v) is 96.4. The molecule has 9 amide bonds. The number of piperazine rings is 4. The number of amides is 9. The van der Waals surface area contributed by atoms with Crippen LogP contribution in [0.2, 0.25) is 0 Å². The van der Waals surface area contributed by atoms with Gasteiger partial charge in [0.15, 0.2) is 0 Å². The van der Waals surface area contributed by atoms with Gasteiger partial charge in [-0.3, -0.25) is 82.8 Å². The molecule has 0 bridgehead atoms. The standard InChI is InChI=1S/C12H24N2O2.C11H23N3O.C11H22N2O.C11H24N2.C10H20N2O.C9H19N3O.C9H18N2O.C8H18N2O2.C7H16N2.C7H11NO.C5H11NO.C5H12O2/c1-10(2)12(15)13-11-4-6-14(7-5-11)8-9-16-3;1-10(2)14-7-5-13(6-8-14)9-11(15)12(3)4;1-9(2)11(14)13(4)10-5-7-12(3)8-6-10;1-10(2)12-6-8-13(9-7-12)11(3,4)5;1-8(2)11-10(13)9-4-6-12(3)7-5-9;1-8(2)9(13)10-12-6-4-11(3)5-7-12;1-7(2)10-9(12)8-5-4-6-11(8)3;1-7(2)8(11)9-12-6-5-10(3)4;1-7(2)9-5-3-8-4-6-9;1-4-5-8-7(9)6(2)3;1-4(2)6-5(3)7;1-4(2)5(7)3-6/h10-11H,4-9H2,1-3H3,(H,13,15);10H,5-9H2,1-4H3;9-10H,5-8H2,1-4H3;10H,6-9H2,1-5H3;8-9H,4-7H2,1-3H3,(H,11,13);8H,4-7H2,1-3H3,(H,10,13);7-8H,4-6H2,1-3H3,(H,10,12);7H,5-6H2,1-4H3,(H,9,11);7-8H,3-6H2,1-2H3;1,6H,5H2,2-3H3,(H,8,9);4H,1-3H3,(H,6,7);4-7H,3H2,1-2H3/t;;;;;;8-;;;;;5-/m......1....0/s1. The Morgan fingerprint density at radius 1 is 0.493 bits per heavy atom. The summed E-state index contributed by atoms with van der Waals surface area (Å²) in [6.45, 7) is 85.6. The number of piperidine rings is 3. The van der Waals surface area contributed by atoms with Crippen molar-refractivity contribution in [3.63, 3.8) is 0 Å². The Labute approximate surface area is 855 Å². The van der Waals surface area contributed by atoms with Crippen LogP contribution in [0.1, 0.15) is 245 Å². The molecule has 140 heavy (non-hydrogen) atoms. The Kier molecular flexibility index (Phi) is 81.4. The highest BCUT2D eigenvalue weighted by Crippen LogP contribution is 2.21. The molecule has 0 saturated carbocycles. The van der Waals surface area contributed by atoms with E-state index in [0.29, 0.717) is 49.4 Å². The van der Waals surface area contributed by atoms with Gasteiger partial charge in [0.05, 0.1) is 45.1 Å². The average molecular weight is 2000 g/mol. The second kappa shape index (κ2) is 81.2. The third-order valence-electron chi connectivity index (χ3n) is 24.8. The van der Waals surface area contributed by atoms with Crippen LogP contribution in [0.25, 0.3) is 0 Å². The van der Waals surface area contributed by atoms with Crippen LogP contribution in [0.15, 0.2) is 0 Å². The summed E-state index contributed by atoms with van der Waals surface area (Å²) >= 11 is 0. The number of hydrogen-bond donors (Lipinski definition) is 10. The molecular weight excluding hydrogens is 1780 g/mol. The largest absolute Gasteiger partial charge is 0.394 e. The van der Waals surface area contributed by atoms with E-state index in [1.54, 1.807) is 12.0 Å². The van der Waals surface area contributed by atoms with E-state index in [9.17, 15) is 43.2 Å². The van der Waals surface area contributed by atoms with Crippen LogP contribution in [0.3, 0.4) is 0 Å². The predicted molar refractivity (Wildman–Crippen MR) is 577 cm³/mol. The van der Waals surface area contributed by atoms with Crippen molar-refractivity contribution in [1.82, 2.24) is 112 Å². The topological polar surface area (TPSA) is 354 Å². The maximum atomic E-state index is 11.7. The van der Waals surface area contributed by atoms with Gasteiger partial charge in [0.25, 0.3) is 0 Å². The molecule has 8 rings (SSSR count). The number of aliphatic hydroxyl groups excluding tert-OH is 2. The van der Waals surface area contributed by atoms with E-state index in [-0.39, 0.29) is 125 Å². The fourth-order valence-electron chi connectivity index (χ4n) is 14.7. The van der Waals surface area contributed by atoms with E-state index >= 15 is 0 Å². The second-order valence-corrected chi connectivity index (χ2v) is 43.4. The molecule has 0 unspecified atom stereocenters. The molecule has 8 aliphatic rings. The lowest BCUT2D eigenvalue weighted by atomic mass is 9.96. The van der Waals surface area contributed by atoms with Crippen LogP contribution in [0.4, 0.5) is 0 Å². The number of nitrogens with zero attached hydrogens (tertiary/aromatic N) is 14. The molecule has 0 radical (unpaired) electrons. The highest BCUT2D eigenvalue weighted by atomic mass is 16.7. The van der Waals surface area contributed by atoms with E-state index in [0.717, 1.165) is 188 Å². The van der Waals surface area contributed by atoms with Crippen LogP contribution in [-0.2, 0) is 52.7 Å². The lowest BCUT2D eigenvalue weighted by molar-refractivity contribution is -0.137. The molecular formula is C105H218N22O13. The van der Waals surface area contributed by atoms with Gasteiger partial charge >= 0.3 is 0 Å². The Morgan fingerprint density at radius 3 is 1.29 bits per heavy atom. The maximum Gasteiger partial charge on any atom is 0.246 e. The van der Waals surface area contributed by atoms with Crippen molar-refractivity contribution in [2.24, 2.45) is 41.4 Å². The van der Waals surface area contributed by atoms with Crippen LogP contribution < -0.4 is 42.8 Å². The van der Waals surface area contributed by atoms with Crippen molar-refractivity contribution in [3.8, 4) is 12.3 Å². The first kappa shape index (κ1) is 140. The molecule has 2 atom stereocenters. The zero-order chi connectivity index (χ0) is 108. The summed E-state index contributed by atoms with van der Waals surface area (Å²) in [7, 11) is 19.6. The summed E-state index contributed by atoms with van der Waals surface area (Å²) < 4.78 is 5.06. The maximum absolute atomic E-state index is 11.7. The smallest absolute Gasteiger partial charge is 0.246 e. The molecule has 0 aliphatic carbocycles. The second-order valence-electron chi connectivity index (χ2n) is 43.4. The van der Waals surface area contributed by atoms with Crippen molar-refractivity contribution in [3.05, 3.63) is 0 Å². The molecule has 0 spiro atoms. The minimum absolute atomic E-state index is 0.00736. The molecule has 35 heteroatoms. The number of hydroxylamine groups is 1. The number of hydrazine groups is 1. The summed E-state index contributed by atoms with van der Waals surface area (Å²) in [6, 6.07) is 3.81. The normalized spacial score (nSPS) is 18.5. The third kappa shape index (κ3) is 74.1. The predicted octanol–water partition coefficient (Wildman–Crippen LogP) is 6.83. The minimum Gasteiger partial charge on any atom is -0.394 e. The lowest BCUT2D eigenvalue weighted by Crippen LogP contribution is -2.54. The number of likely N-dealkylation sites (N-methyl/N-ethyl adjacent to an activating group) is 4. The minimum atomic E-state index is -0.542. The van der Waals surface area contributed by atoms with Crippen molar-refractivity contribution < 1.29 is 62.9 Å². The fraction of sp³-hybridized carbons (Fsp3) is 0.895. The SMILES string of the molecule is C#CCNC(=O)C(C)C.CC(=O)NC(C)C.CC(C)C(=O)N(C)C1CCN(C)CC1.CC(C)C(=O)NN1CCN(C)CC1.CC(C)C(=O)NOCCN(C)C.CC(C)N1CCN(C(C)(C)C)CC1.CC(C)N1CCN(CC(=O)N(C)C)CC1.CC(C)N1CCNCC1.CC(C)NC(=O)C1CCN(C)CC1.CC(C)NC(=O)[C@H]1CCCN1C.CC(C)[C@@H](O)CO.COCCN1CCC(NC(=O)C(C)C)CC1. The van der Waals surface area contributed by atoms with Gasteiger partial charge in [0.2, 0.25) is 53.2 Å². The Morgan fingerprint density at radius 2 is 0.936 bits per heavy atom. The molecule has 8 heterocycles. The highest BCUT2D eigenvalue weighted by Gasteiger charge is 2.31. The van der Waals surface area contributed by atoms with Gasteiger partial charge in [-0.2, -0.15) is 0 Å². The van der Waals surface area contributed by atoms with Crippen molar-refractivity contribution in [1.29, 1.82) is 0 Å². The van der Waals surface area contributed by atoms with Crippen molar-refractivity contribution >= 4 is 53.2 Å². The average Bonchev–Trinajstić information content (AvgIpc) is 1.16. The number of hydrogen-bond acceptors (Lipinski definition) is 26. The number of carbonyl (C=O) groups is 9. The van der Waals surface area contributed by atoms with E-state index in [2.05, 4.69) is 181 Å². The molecule has 8 aliphatic heterocycles. The van der Waals surface area contributed by atoms with Gasteiger partial charge in [-0.1, -0.05) is 89.0 Å². The summed E-state index contributed by atoms with van der Waals surface area (Å²) in [5.74, 6) is 4.19. The number of nitrogens with one attached hydrogen (secondary N) is 8. The number of ether oxygens (including phenoxy) is 1. The van der Waals surface area contributed by atoms with Gasteiger partial charge in [-0.15, -0.1) is 6.42 Å². The van der Waals surface area contributed by atoms with Crippen molar-refractivity contribution in [2.45, 2.75) is 311 Å². The number of carbonyl (C=O) groups excluding carboxylic acids is 9. The van der Waals surface area contributed by atoms with Gasteiger partial charge in [-0.25, -0.2) is 10.5 Å². The van der Waals surface area contributed by atoms with Crippen molar-refractivity contribution in [2.75, 3.05) is 267 Å². The number of terminal acetylenes is 1. The molecule has 8 saturated heterocycles. The molecule has 35 nitrogen and oxygen atoms in total. The first-order valence-corrected chi connectivity index (χ1v) is 52.8. The van der Waals surface area contributed by atoms with Gasteiger partial charge < -0.3 is 81.2 Å². The number of likely N-dealkylation sites (tertiary alicyclic amines) is 4. The molecule has 10 N–H and O–H groups in total. The third-order valence-corrected chi connectivity index (χ3v) is 24.8. The molecule has 8 fully saturated rings. The Hall–Kier alpha value is -5.89. The van der Waals surface area contributed by atoms with Gasteiger partial charge in [0, 0.05) is 255 Å². The van der Waals surface area contributed by atoms with Gasteiger partial charge in [0.1, 0.15) is 0 Å². The Balaban J connectivity index is -0.000000726. The first-order valence-electron chi connectivity index (χ1n) is 52.8. The van der Waals surface area contributed by atoms with E-state index in [1.165, 1.54) is 46.2 Å². The molecule has 0 aromatic heterocycles. The van der Waals surface area contributed by atoms with Crippen LogP contribution in [-0.4, -0.2) is 465 Å². The molecule has 0 aromatic carbocycles. The summed E-state index contributed by atoms with van der Waals surface area (Å²) in [5, 5.41) is 36.5. The van der Waals surface area contributed by atoms with E-state index in [1.807, 2.05) is 182 Å². The highest BCUT2D eigenvalue weighted by molar-refractivity contribution is 5.82. The number of aliphatic hydroxyl groups is 2. The number of rotatable bonds is 28. The first-order chi connectivity index (χ1) is 65.2. The Bertz CT molecular complexity index is 3190. The summed E-state index contributed by atoms with van der Waals surface area (Å²) in [6.07, 6.45) is 12.9. The van der Waals surface area contributed by atoms with Crippen LogP contribution >= 0.6 is 0 Å². The molecule has 0 aromatic rings. The lowest BCUT2D eigenvalue weighted by Gasteiger charge is -2.43. The zero-order valence-electron chi connectivity index (χ0n) is 96.4. The monoisotopic (exact) mass is 2000 g/mol.